The fourth-order valence-corrected chi connectivity index (χ4v) is 4.97. The quantitative estimate of drug-likeness (QED) is 0.674. The van der Waals surface area contributed by atoms with Gasteiger partial charge in [-0.05, 0) is 53.4 Å². The molecule has 32 heavy (non-hydrogen) atoms. The van der Waals surface area contributed by atoms with Crippen molar-refractivity contribution in [3.05, 3.63) is 64.7 Å². The van der Waals surface area contributed by atoms with Crippen LogP contribution in [0.15, 0.2) is 42.5 Å². The zero-order chi connectivity index (χ0) is 23.0. The second-order valence-electron chi connectivity index (χ2n) is 9.41. The third-order valence-electron chi connectivity index (χ3n) is 6.59. The van der Waals surface area contributed by atoms with Crippen LogP contribution in [0.4, 0.5) is 10.5 Å². The maximum absolute atomic E-state index is 13.5. The highest BCUT2D eigenvalue weighted by Gasteiger charge is 2.54. The van der Waals surface area contributed by atoms with E-state index in [4.69, 9.17) is 0 Å². The summed E-state index contributed by atoms with van der Waals surface area (Å²) in [6.45, 7) is 8.01. The van der Waals surface area contributed by atoms with Crippen molar-refractivity contribution in [2.45, 2.75) is 64.3 Å². The van der Waals surface area contributed by atoms with Crippen molar-refractivity contribution in [2.24, 2.45) is 0 Å². The molecular weight excluding hydrogens is 402 g/mol. The first kappa shape index (κ1) is 22.1. The van der Waals surface area contributed by atoms with Gasteiger partial charge in [-0.25, -0.2) is 4.79 Å². The highest BCUT2D eigenvalue weighted by molar-refractivity contribution is 6.10. The van der Waals surface area contributed by atoms with Crippen molar-refractivity contribution in [3.63, 3.8) is 0 Å². The van der Waals surface area contributed by atoms with Crippen LogP contribution in [0, 0.1) is 0 Å². The molecule has 0 saturated carbocycles. The van der Waals surface area contributed by atoms with Crippen molar-refractivity contribution in [1.29, 1.82) is 0 Å². The lowest BCUT2D eigenvalue weighted by Crippen LogP contribution is -2.47. The lowest BCUT2D eigenvalue weighted by molar-refractivity contribution is -0.134. The molecule has 1 spiro atoms. The van der Waals surface area contributed by atoms with Gasteiger partial charge in [-0.1, -0.05) is 70.2 Å². The third-order valence-corrected chi connectivity index (χ3v) is 6.59. The molecular formula is C26H31N3O3. The van der Waals surface area contributed by atoms with E-state index < -0.39 is 11.6 Å². The van der Waals surface area contributed by atoms with E-state index in [1.165, 1.54) is 0 Å². The van der Waals surface area contributed by atoms with Crippen molar-refractivity contribution >= 4 is 23.5 Å². The summed E-state index contributed by atoms with van der Waals surface area (Å²) in [5.74, 6) is -0.263. The Kier molecular flexibility index (Phi) is 5.80. The van der Waals surface area contributed by atoms with Gasteiger partial charge in [0.2, 0.25) is 5.91 Å². The lowest BCUT2D eigenvalue weighted by Gasteiger charge is -2.33. The van der Waals surface area contributed by atoms with E-state index in [9.17, 15) is 14.4 Å². The molecule has 0 radical (unpaired) electrons. The Balaban J connectivity index is 1.59. The summed E-state index contributed by atoms with van der Waals surface area (Å²) in [5, 5.41) is 5.92. The van der Waals surface area contributed by atoms with E-state index in [1.807, 2.05) is 42.5 Å². The van der Waals surface area contributed by atoms with E-state index in [2.05, 4.69) is 38.3 Å². The number of benzene rings is 2. The Hall–Kier alpha value is -3.15. The molecule has 1 aliphatic carbocycles. The minimum absolute atomic E-state index is 0.225. The molecule has 1 saturated heterocycles. The van der Waals surface area contributed by atoms with Crippen LogP contribution in [0.1, 0.15) is 74.6 Å². The van der Waals surface area contributed by atoms with Crippen molar-refractivity contribution in [1.82, 2.24) is 10.2 Å². The zero-order valence-electron chi connectivity index (χ0n) is 19.2. The number of urea groups is 1. The number of carbonyl (C=O) groups excluding carboxylic acids is 3. The van der Waals surface area contributed by atoms with E-state index in [-0.39, 0.29) is 30.2 Å². The summed E-state index contributed by atoms with van der Waals surface area (Å²) in [4.78, 5) is 40.4. The van der Waals surface area contributed by atoms with Crippen LogP contribution < -0.4 is 10.6 Å². The van der Waals surface area contributed by atoms with Gasteiger partial charge < -0.3 is 10.6 Å². The van der Waals surface area contributed by atoms with Gasteiger partial charge >= 0.3 is 6.03 Å². The third kappa shape index (κ3) is 3.68. The van der Waals surface area contributed by atoms with Crippen LogP contribution in [0.2, 0.25) is 0 Å². The number of imide groups is 1. The molecule has 4 amide bonds. The Bertz CT molecular complexity index is 1050. The summed E-state index contributed by atoms with van der Waals surface area (Å²) in [5.41, 5.74) is 3.72. The number of amides is 4. The van der Waals surface area contributed by atoms with Crippen LogP contribution in [-0.2, 0) is 21.5 Å². The molecule has 4 rings (SSSR count). The van der Waals surface area contributed by atoms with Crippen molar-refractivity contribution in [3.8, 4) is 0 Å². The molecule has 2 aliphatic rings. The van der Waals surface area contributed by atoms with Crippen molar-refractivity contribution in [2.75, 3.05) is 11.9 Å². The van der Waals surface area contributed by atoms with Gasteiger partial charge in [0, 0.05) is 5.69 Å². The topological polar surface area (TPSA) is 78.5 Å². The number of rotatable bonds is 5. The van der Waals surface area contributed by atoms with E-state index in [1.54, 1.807) is 0 Å². The molecule has 168 valence electrons. The molecule has 2 aromatic carbocycles. The summed E-state index contributed by atoms with van der Waals surface area (Å²) in [7, 11) is 0. The molecule has 1 atom stereocenters. The number of hydrogen-bond acceptors (Lipinski definition) is 3. The minimum atomic E-state index is -1.06. The van der Waals surface area contributed by atoms with Crippen LogP contribution in [0.5, 0.6) is 0 Å². The maximum Gasteiger partial charge on any atom is 0.325 e. The average molecular weight is 434 g/mol. The monoisotopic (exact) mass is 433 g/mol. The Labute approximate surface area is 189 Å². The maximum atomic E-state index is 13.5. The molecule has 2 N–H and O–H groups in total. The number of nitrogens with one attached hydrogen (secondary N) is 2. The number of aryl methyl sites for hydroxylation is 1. The Morgan fingerprint density at radius 2 is 1.69 bits per heavy atom. The Morgan fingerprint density at radius 3 is 2.34 bits per heavy atom. The number of nitrogens with zero attached hydrogens (tertiary/aromatic N) is 1. The van der Waals surface area contributed by atoms with Gasteiger partial charge in [0.1, 0.15) is 12.1 Å². The molecule has 1 heterocycles. The summed E-state index contributed by atoms with van der Waals surface area (Å²) >= 11 is 0. The van der Waals surface area contributed by atoms with Crippen LogP contribution in [0.25, 0.3) is 0 Å². The fraction of sp³-hybridized carbons (Fsp3) is 0.423. The minimum Gasteiger partial charge on any atom is -0.324 e. The number of para-hydroxylation sites is 1. The van der Waals surface area contributed by atoms with E-state index >= 15 is 0 Å². The van der Waals surface area contributed by atoms with E-state index in [0.717, 1.165) is 45.7 Å². The standard InChI is InChI=1S/C26H31N3O3/c1-16(2)19-11-7-12-20(17(3)4)23(19)27-22(30)15-29-24(31)26(28-25(29)32)14-8-10-18-9-5-6-13-21(18)26/h5-7,9,11-13,16-17H,8,10,14-15H2,1-4H3,(H,27,30)(H,28,32). The first-order valence-corrected chi connectivity index (χ1v) is 11.4. The summed E-state index contributed by atoms with van der Waals surface area (Å²) in [6, 6.07) is 13.2. The van der Waals surface area contributed by atoms with Gasteiger partial charge in [-0.3, -0.25) is 14.5 Å². The van der Waals surface area contributed by atoms with Gasteiger partial charge in [0.05, 0.1) is 0 Å². The number of hydrogen-bond donors (Lipinski definition) is 2. The number of anilines is 1. The fourth-order valence-electron chi connectivity index (χ4n) is 4.97. The first-order valence-electron chi connectivity index (χ1n) is 11.4. The van der Waals surface area contributed by atoms with Crippen LogP contribution in [0.3, 0.4) is 0 Å². The predicted octanol–water partition coefficient (Wildman–Crippen LogP) is 4.66. The lowest BCUT2D eigenvalue weighted by atomic mass is 9.76. The Morgan fingerprint density at radius 1 is 1.03 bits per heavy atom. The number of fused-ring (bicyclic) bond motifs is 2. The molecule has 1 aliphatic heterocycles. The van der Waals surface area contributed by atoms with Crippen LogP contribution >= 0.6 is 0 Å². The first-order chi connectivity index (χ1) is 15.2. The second-order valence-corrected chi connectivity index (χ2v) is 9.41. The largest absolute Gasteiger partial charge is 0.325 e. The normalized spacial score (nSPS) is 20.1. The predicted molar refractivity (Wildman–Crippen MR) is 125 cm³/mol. The van der Waals surface area contributed by atoms with Gasteiger partial charge in [-0.15, -0.1) is 0 Å². The molecule has 6 heteroatoms. The molecule has 6 nitrogen and oxygen atoms in total. The average Bonchev–Trinajstić information content (AvgIpc) is 2.98. The zero-order valence-corrected chi connectivity index (χ0v) is 19.2. The van der Waals surface area contributed by atoms with E-state index in [0.29, 0.717) is 6.42 Å². The van der Waals surface area contributed by atoms with Gasteiger partial charge in [0.25, 0.3) is 5.91 Å². The van der Waals surface area contributed by atoms with Gasteiger partial charge in [0.15, 0.2) is 0 Å². The second kappa shape index (κ2) is 8.41. The summed E-state index contributed by atoms with van der Waals surface area (Å²) < 4.78 is 0. The molecule has 0 aromatic heterocycles. The highest BCUT2D eigenvalue weighted by Crippen LogP contribution is 2.40. The van der Waals surface area contributed by atoms with Crippen molar-refractivity contribution < 1.29 is 14.4 Å². The molecule has 1 fully saturated rings. The molecule has 2 aromatic rings. The molecule has 0 bridgehead atoms. The number of carbonyl (C=O) groups is 3. The molecule has 1 unspecified atom stereocenters. The van der Waals surface area contributed by atoms with Crippen LogP contribution in [-0.4, -0.2) is 29.3 Å². The smallest absolute Gasteiger partial charge is 0.324 e. The van der Waals surface area contributed by atoms with Gasteiger partial charge in [-0.2, -0.15) is 0 Å². The SMILES string of the molecule is CC(C)c1cccc(C(C)C)c1NC(=O)CN1C(=O)NC2(CCCc3ccccc32)C1=O. The summed E-state index contributed by atoms with van der Waals surface area (Å²) in [6.07, 6.45) is 2.23. The highest BCUT2D eigenvalue weighted by atomic mass is 16.2.